The van der Waals surface area contributed by atoms with Crippen molar-refractivity contribution in [2.75, 3.05) is 26.2 Å². The standard InChI is InChI=1S/C22H42N2O.C2H4O2/c1-2-3-4-5-6-7-8-9-10-11-12-13-14-15-16-17-22-23-18-19-24(22)20-21-25;1-2(3)4/h16-17,25H,2-15,18-21H2,1H3;1H3,(H,3,4)/b17-16+;. The number of aliphatic imine (C=N–C) groups is 1. The van der Waals surface area contributed by atoms with E-state index in [-0.39, 0.29) is 6.61 Å². The molecule has 0 unspecified atom stereocenters. The first-order valence-electron chi connectivity index (χ1n) is 11.9. The van der Waals surface area contributed by atoms with Crippen molar-refractivity contribution in [2.45, 2.75) is 104 Å². The van der Waals surface area contributed by atoms with Crippen LogP contribution in [-0.4, -0.2) is 53.2 Å². The highest BCUT2D eigenvalue weighted by Crippen LogP contribution is 2.13. The maximum atomic E-state index is 9.03. The average Bonchev–Trinajstić information content (AvgIpc) is 3.12. The van der Waals surface area contributed by atoms with Crippen molar-refractivity contribution in [3.63, 3.8) is 0 Å². The molecular formula is C24H46N2O3. The first-order chi connectivity index (χ1) is 14.1. The Morgan fingerprint density at radius 2 is 1.45 bits per heavy atom. The van der Waals surface area contributed by atoms with Crippen molar-refractivity contribution in [3.05, 3.63) is 12.2 Å². The molecule has 0 atom stereocenters. The molecule has 0 amide bonds. The largest absolute Gasteiger partial charge is 0.481 e. The molecule has 1 aliphatic rings. The zero-order valence-electron chi connectivity index (χ0n) is 19.1. The Hall–Kier alpha value is -1.36. The predicted octanol–water partition coefficient (Wildman–Crippen LogP) is 5.82. The minimum absolute atomic E-state index is 0.214. The van der Waals surface area contributed by atoms with Crippen LogP contribution in [0.4, 0.5) is 0 Å². The summed E-state index contributed by atoms with van der Waals surface area (Å²) in [5.74, 6) is 0.226. The number of nitrogens with zero attached hydrogens (tertiary/aromatic N) is 2. The summed E-state index contributed by atoms with van der Waals surface area (Å²) in [6.45, 7) is 6.12. The average molecular weight is 411 g/mol. The van der Waals surface area contributed by atoms with Crippen molar-refractivity contribution in [3.8, 4) is 0 Å². The number of rotatable bonds is 17. The van der Waals surface area contributed by atoms with Crippen LogP contribution in [0.2, 0.25) is 0 Å². The molecular weight excluding hydrogens is 364 g/mol. The monoisotopic (exact) mass is 410 g/mol. The van der Waals surface area contributed by atoms with E-state index in [0.717, 1.165) is 32.3 Å². The van der Waals surface area contributed by atoms with Crippen molar-refractivity contribution < 1.29 is 15.0 Å². The maximum absolute atomic E-state index is 9.03. The number of carboxylic acids is 1. The Kier molecular flexibility index (Phi) is 20.3. The van der Waals surface area contributed by atoms with E-state index >= 15 is 0 Å². The van der Waals surface area contributed by atoms with Gasteiger partial charge in [0, 0.05) is 20.0 Å². The topological polar surface area (TPSA) is 73.1 Å². The highest BCUT2D eigenvalue weighted by Gasteiger charge is 2.12. The molecule has 2 N–H and O–H groups in total. The van der Waals surface area contributed by atoms with Gasteiger partial charge in [0.2, 0.25) is 0 Å². The summed E-state index contributed by atoms with van der Waals surface area (Å²) in [6, 6.07) is 0. The number of hydrogen-bond acceptors (Lipinski definition) is 4. The molecule has 170 valence electrons. The molecule has 0 aromatic heterocycles. The SMILES string of the molecule is CC(=O)O.CCCCCCCCCCCCCCC/C=C/C1=NCCN1CCO. The van der Waals surface area contributed by atoms with Crippen LogP contribution in [0.15, 0.2) is 17.1 Å². The Labute approximate surface area is 179 Å². The summed E-state index contributed by atoms with van der Waals surface area (Å²) in [4.78, 5) is 15.7. The first kappa shape index (κ1) is 27.6. The predicted molar refractivity (Wildman–Crippen MR) is 124 cm³/mol. The third kappa shape index (κ3) is 19.7. The van der Waals surface area contributed by atoms with Gasteiger partial charge in [-0.15, -0.1) is 0 Å². The molecule has 0 spiro atoms. The normalized spacial score (nSPS) is 13.5. The third-order valence-electron chi connectivity index (χ3n) is 5.08. The molecule has 0 bridgehead atoms. The molecule has 1 rings (SSSR count). The van der Waals surface area contributed by atoms with Crippen LogP contribution in [0.5, 0.6) is 0 Å². The van der Waals surface area contributed by atoms with Gasteiger partial charge in [-0.05, 0) is 18.9 Å². The summed E-state index contributed by atoms with van der Waals surface area (Å²) in [5.41, 5.74) is 0. The molecule has 29 heavy (non-hydrogen) atoms. The fourth-order valence-corrected chi connectivity index (χ4v) is 3.47. The van der Waals surface area contributed by atoms with E-state index in [4.69, 9.17) is 15.0 Å². The molecule has 0 aromatic rings. The van der Waals surface area contributed by atoms with E-state index < -0.39 is 5.97 Å². The third-order valence-corrected chi connectivity index (χ3v) is 5.08. The molecule has 0 saturated heterocycles. The summed E-state index contributed by atoms with van der Waals surface area (Å²) >= 11 is 0. The first-order valence-corrected chi connectivity index (χ1v) is 11.9. The van der Waals surface area contributed by atoms with Gasteiger partial charge in [0.05, 0.1) is 13.2 Å². The fourth-order valence-electron chi connectivity index (χ4n) is 3.47. The second-order valence-corrected chi connectivity index (χ2v) is 7.90. The van der Waals surface area contributed by atoms with Crippen LogP contribution < -0.4 is 0 Å². The quantitative estimate of drug-likeness (QED) is 0.296. The zero-order valence-corrected chi connectivity index (χ0v) is 19.1. The number of β-amino-alcohol motifs (C(OH)–C–C–N with tert-alkyl or cyclic N) is 1. The van der Waals surface area contributed by atoms with E-state index in [9.17, 15) is 0 Å². The van der Waals surface area contributed by atoms with E-state index in [1.54, 1.807) is 0 Å². The van der Waals surface area contributed by atoms with Crippen LogP contribution in [-0.2, 0) is 4.79 Å². The van der Waals surface area contributed by atoms with Gasteiger partial charge < -0.3 is 15.1 Å². The van der Waals surface area contributed by atoms with Gasteiger partial charge in [0.1, 0.15) is 5.84 Å². The number of aliphatic hydroxyl groups is 1. The summed E-state index contributed by atoms with van der Waals surface area (Å²) in [6.07, 6.45) is 23.9. The minimum Gasteiger partial charge on any atom is -0.481 e. The molecule has 5 heteroatoms. The van der Waals surface area contributed by atoms with Crippen LogP contribution in [0.1, 0.15) is 104 Å². The molecule has 0 radical (unpaired) electrons. The van der Waals surface area contributed by atoms with Gasteiger partial charge >= 0.3 is 0 Å². The van der Waals surface area contributed by atoms with E-state index in [0.29, 0.717) is 6.54 Å². The molecule has 0 saturated carbocycles. The van der Waals surface area contributed by atoms with Gasteiger partial charge in [-0.1, -0.05) is 90.0 Å². The zero-order chi connectivity index (χ0) is 21.6. The Morgan fingerprint density at radius 3 is 1.93 bits per heavy atom. The lowest BCUT2D eigenvalue weighted by Gasteiger charge is -2.16. The second kappa shape index (κ2) is 21.4. The Morgan fingerprint density at radius 1 is 0.966 bits per heavy atom. The molecule has 1 aliphatic heterocycles. The van der Waals surface area contributed by atoms with Gasteiger partial charge in [-0.25, -0.2) is 0 Å². The van der Waals surface area contributed by atoms with Gasteiger partial charge in [-0.3, -0.25) is 9.79 Å². The van der Waals surface area contributed by atoms with Crippen molar-refractivity contribution in [2.24, 2.45) is 4.99 Å². The molecule has 0 aliphatic carbocycles. The number of amidine groups is 1. The van der Waals surface area contributed by atoms with Gasteiger partial charge in [0.25, 0.3) is 5.97 Å². The van der Waals surface area contributed by atoms with E-state index in [1.165, 1.54) is 83.5 Å². The Bertz CT molecular complexity index is 432. The second-order valence-electron chi connectivity index (χ2n) is 7.90. The summed E-state index contributed by atoms with van der Waals surface area (Å²) in [5, 5.41) is 16.4. The van der Waals surface area contributed by atoms with Crippen molar-refractivity contribution in [1.29, 1.82) is 0 Å². The summed E-state index contributed by atoms with van der Waals surface area (Å²) < 4.78 is 0. The number of allylic oxidation sites excluding steroid dienone is 1. The number of carbonyl (C=O) groups is 1. The van der Waals surface area contributed by atoms with E-state index in [1.807, 2.05) is 0 Å². The lowest BCUT2D eigenvalue weighted by Crippen LogP contribution is -2.29. The molecule has 0 aromatic carbocycles. The van der Waals surface area contributed by atoms with Crippen molar-refractivity contribution in [1.82, 2.24) is 4.90 Å². The lowest BCUT2D eigenvalue weighted by molar-refractivity contribution is -0.134. The maximum Gasteiger partial charge on any atom is 0.300 e. The fraction of sp³-hybridized carbons (Fsp3) is 0.833. The highest BCUT2D eigenvalue weighted by molar-refractivity contribution is 5.94. The number of aliphatic hydroxyl groups excluding tert-OH is 1. The van der Waals surface area contributed by atoms with Crippen LogP contribution >= 0.6 is 0 Å². The lowest BCUT2D eigenvalue weighted by atomic mass is 10.0. The molecule has 0 fully saturated rings. The minimum atomic E-state index is -0.833. The highest BCUT2D eigenvalue weighted by atomic mass is 16.4. The van der Waals surface area contributed by atoms with Crippen molar-refractivity contribution >= 4 is 11.8 Å². The Balaban J connectivity index is 0.00000178. The van der Waals surface area contributed by atoms with Crippen LogP contribution in [0.25, 0.3) is 0 Å². The summed E-state index contributed by atoms with van der Waals surface area (Å²) in [7, 11) is 0. The number of aliphatic carboxylic acids is 1. The van der Waals surface area contributed by atoms with Gasteiger partial charge in [0.15, 0.2) is 0 Å². The van der Waals surface area contributed by atoms with E-state index in [2.05, 4.69) is 29.0 Å². The van der Waals surface area contributed by atoms with Crippen LogP contribution in [0, 0.1) is 0 Å². The molecule has 1 heterocycles. The number of carboxylic acid groups (broad SMARTS) is 1. The van der Waals surface area contributed by atoms with Crippen LogP contribution in [0.3, 0.4) is 0 Å². The molecule has 5 nitrogen and oxygen atoms in total. The smallest absolute Gasteiger partial charge is 0.300 e. The number of hydrogen-bond donors (Lipinski definition) is 2. The van der Waals surface area contributed by atoms with Gasteiger partial charge in [-0.2, -0.15) is 0 Å². The number of unbranched alkanes of at least 4 members (excludes halogenated alkanes) is 13.